The second-order valence-corrected chi connectivity index (χ2v) is 1.76. The Kier molecular flexibility index (Phi) is 1.53. The number of hydrogen-bond donors (Lipinski definition) is 0. The molecule has 1 aliphatic heterocycles. The van der Waals surface area contributed by atoms with Crippen LogP contribution < -0.4 is 0 Å². The smallest absolute Gasteiger partial charge is 0.189 e. The third kappa shape index (κ3) is 0.842. The average molecular weight is 114 g/mol. The summed E-state index contributed by atoms with van der Waals surface area (Å²) in [7, 11) is 0. The summed E-state index contributed by atoms with van der Waals surface area (Å²) in [4.78, 5) is 0. The van der Waals surface area contributed by atoms with E-state index in [1.54, 1.807) is 0 Å². The fourth-order valence-corrected chi connectivity index (χ4v) is 0.722. The fraction of sp³-hybridized carbons (Fsp3) is 0.667. The SMILES string of the molecule is CC=C1OCOC1C. The molecule has 1 aliphatic rings. The molecule has 0 amide bonds. The first-order valence-electron chi connectivity index (χ1n) is 2.75. The molecule has 0 aromatic carbocycles. The van der Waals surface area contributed by atoms with Crippen LogP contribution in [0.25, 0.3) is 0 Å². The highest BCUT2D eigenvalue weighted by Gasteiger charge is 2.15. The molecule has 1 unspecified atom stereocenters. The van der Waals surface area contributed by atoms with E-state index in [0.717, 1.165) is 5.76 Å². The average Bonchev–Trinajstić information content (AvgIpc) is 2.14. The minimum absolute atomic E-state index is 0.167. The maximum absolute atomic E-state index is 5.07. The summed E-state index contributed by atoms with van der Waals surface area (Å²) < 4.78 is 10.1. The first kappa shape index (κ1) is 5.63. The van der Waals surface area contributed by atoms with Crippen LogP contribution in [0.5, 0.6) is 0 Å². The molecule has 1 saturated heterocycles. The molecular formula is C6H10O2. The highest BCUT2D eigenvalue weighted by molar-refractivity contribution is 4.98. The minimum atomic E-state index is 0.167. The molecule has 2 nitrogen and oxygen atoms in total. The largest absolute Gasteiger partial charge is 0.469 e. The third-order valence-corrected chi connectivity index (χ3v) is 1.23. The summed E-state index contributed by atoms with van der Waals surface area (Å²) in [5.41, 5.74) is 0. The lowest BCUT2D eigenvalue weighted by Gasteiger charge is -1.96. The van der Waals surface area contributed by atoms with E-state index in [2.05, 4.69) is 0 Å². The summed E-state index contributed by atoms with van der Waals surface area (Å²) in [5, 5.41) is 0. The van der Waals surface area contributed by atoms with Crippen molar-refractivity contribution in [3.63, 3.8) is 0 Å². The third-order valence-electron chi connectivity index (χ3n) is 1.23. The van der Waals surface area contributed by atoms with Crippen LogP contribution in [0.4, 0.5) is 0 Å². The van der Waals surface area contributed by atoms with E-state index >= 15 is 0 Å². The van der Waals surface area contributed by atoms with E-state index in [9.17, 15) is 0 Å². The number of allylic oxidation sites excluding steroid dienone is 1. The molecule has 2 heteroatoms. The molecule has 46 valence electrons. The molecule has 0 aliphatic carbocycles. The van der Waals surface area contributed by atoms with Crippen LogP contribution >= 0.6 is 0 Å². The van der Waals surface area contributed by atoms with E-state index in [0.29, 0.717) is 6.79 Å². The van der Waals surface area contributed by atoms with Crippen molar-refractivity contribution in [1.82, 2.24) is 0 Å². The maximum atomic E-state index is 5.07. The molecule has 0 spiro atoms. The Balaban J connectivity index is 2.55. The van der Waals surface area contributed by atoms with Crippen molar-refractivity contribution in [3.05, 3.63) is 11.8 Å². The van der Waals surface area contributed by atoms with Crippen molar-refractivity contribution >= 4 is 0 Å². The maximum Gasteiger partial charge on any atom is 0.189 e. The fourth-order valence-electron chi connectivity index (χ4n) is 0.722. The molecule has 1 rings (SSSR count). The Morgan fingerprint density at radius 1 is 1.75 bits per heavy atom. The quantitative estimate of drug-likeness (QED) is 0.472. The van der Waals surface area contributed by atoms with Crippen LogP contribution in [0.2, 0.25) is 0 Å². The van der Waals surface area contributed by atoms with Crippen LogP contribution in [0.1, 0.15) is 13.8 Å². The lowest BCUT2D eigenvalue weighted by Crippen LogP contribution is -1.98. The highest BCUT2D eigenvalue weighted by atomic mass is 16.7. The number of rotatable bonds is 0. The second-order valence-electron chi connectivity index (χ2n) is 1.76. The molecule has 0 aromatic heterocycles. The Hall–Kier alpha value is -0.500. The monoisotopic (exact) mass is 114 g/mol. The predicted molar refractivity (Wildman–Crippen MR) is 30.3 cm³/mol. The van der Waals surface area contributed by atoms with Gasteiger partial charge in [-0.15, -0.1) is 0 Å². The highest BCUT2D eigenvalue weighted by Crippen LogP contribution is 2.14. The molecule has 8 heavy (non-hydrogen) atoms. The van der Waals surface area contributed by atoms with Crippen LogP contribution in [0, 0.1) is 0 Å². The van der Waals surface area contributed by atoms with Crippen molar-refractivity contribution in [2.75, 3.05) is 6.79 Å². The lowest BCUT2D eigenvalue weighted by molar-refractivity contribution is 0.0553. The molecule has 0 radical (unpaired) electrons. The van der Waals surface area contributed by atoms with Gasteiger partial charge in [0.25, 0.3) is 0 Å². The first-order chi connectivity index (χ1) is 3.84. The van der Waals surface area contributed by atoms with Gasteiger partial charge in [-0.1, -0.05) is 0 Å². The first-order valence-corrected chi connectivity index (χ1v) is 2.75. The molecule has 1 heterocycles. The molecular weight excluding hydrogens is 104 g/mol. The van der Waals surface area contributed by atoms with E-state index in [1.165, 1.54) is 0 Å². The standard InChI is InChI=1S/C6H10O2/c1-3-6-5(2)7-4-8-6/h3,5H,4H2,1-2H3. The van der Waals surface area contributed by atoms with Gasteiger partial charge in [0.1, 0.15) is 11.9 Å². The number of hydrogen-bond acceptors (Lipinski definition) is 2. The van der Waals surface area contributed by atoms with Gasteiger partial charge in [-0.3, -0.25) is 0 Å². The topological polar surface area (TPSA) is 18.5 Å². The van der Waals surface area contributed by atoms with Gasteiger partial charge >= 0.3 is 0 Å². The van der Waals surface area contributed by atoms with E-state index in [4.69, 9.17) is 9.47 Å². The van der Waals surface area contributed by atoms with Crippen LogP contribution in [-0.2, 0) is 9.47 Å². The van der Waals surface area contributed by atoms with Crippen LogP contribution in [0.3, 0.4) is 0 Å². The van der Waals surface area contributed by atoms with Gasteiger partial charge in [0.2, 0.25) is 0 Å². The van der Waals surface area contributed by atoms with Gasteiger partial charge < -0.3 is 9.47 Å². The second kappa shape index (κ2) is 2.18. The predicted octanol–water partition coefficient (Wildman–Crippen LogP) is 1.28. The van der Waals surface area contributed by atoms with Gasteiger partial charge in [-0.2, -0.15) is 0 Å². The van der Waals surface area contributed by atoms with Gasteiger partial charge in [-0.05, 0) is 19.9 Å². The molecule has 1 fully saturated rings. The zero-order valence-corrected chi connectivity index (χ0v) is 5.18. The zero-order chi connectivity index (χ0) is 5.98. The van der Waals surface area contributed by atoms with Crippen molar-refractivity contribution in [1.29, 1.82) is 0 Å². The van der Waals surface area contributed by atoms with E-state index in [-0.39, 0.29) is 6.10 Å². The van der Waals surface area contributed by atoms with Gasteiger partial charge in [0.15, 0.2) is 6.79 Å². The summed E-state index contributed by atoms with van der Waals surface area (Å²) in [5.74, 6) is 0.949. The molecule has 1 atom stereocenters. The molecule has 0 N–H and O–H groups in total. The summed E-state index contributed by atoms with van der Waals surface area (Å²) >= 11 is 0. The normalized spacial score (nSPS) is 33.2. The Morgan fingerprint density at radius 3 is 2.75 bits per heavy atom. The molecule has 0 aromatic rings. The summed E-state index contributed by atoms with van der Waals surface area (Å²) in [6.07, 6.45) is 2.09. The van der Waals surface area contributed by atoms with Crippen molar-refractivity contribution in [2.24, 2.45) is 0 Å². The molecule has 0 saturated carbocycles. The minimum Gasteiger partial charge on any atom is -0.469 e. The lowest BCUT2D eigenvalue weighted by atomic mass is 10.3. The summed E-state index contributed by atoms with van der Waals surface area (Å²) in [6, 6.07) is 0. The number of ether oxygens (including phenoxy) is 2. The van der Waals surface area contributed by atoms with Crippen molar-refractivity contribution in [2.45, 2.75) is 20.0 Å². The van der Waals surface area contributed by atoms with Gasteiger partial charge in [-0.25, -0.2) is 0 Å². The Labute approximate surface area is 49.1 Å². The van der Waals surface area contributed by atoms with Gasteiger partial charge in [0, 0.05) is 0 Å². The summed E-state index contributed by atoms with van der Waals surface area (Å²) in [6.45, 7) is 4.34. The van der Waals surface area contributed by atoms with Gasteiger partial charge in [0.05, 0.1) is 0 Å². The molecule has 0 bridgehead atoms. The van der Waals surface area contributed by atoms with Crippen LogP contribution in [-0.4, -0.2) is 12.9 Å². The van der Waals surface area contributed by atoms with E-state index in [1.807, 2.05) is 19.9 Å². The Morgan fingerprint density at radius 2 is 2.50 bits per heavy atom. The van der Waals surface area contributed by atoms with Crippen molar-refractivity contribution in [3.8, 4) is 0 Å². The Bertz CT molecular complexity index is 107. The zero-order valence-electron chi connectivity index (χ0n) is 5.18. The van der Waals surface area contributed by atoms with E-state index < -0.39 is 0 Å². The van der Waals surface area contributed by atoms with Crippen molar-refractivity contribution < 1.29 is 9.47 Å². The van der Waals surface area contributed by atoms with Crippen LogP contribution in [0.15, 0.2) is 11.8 Å².